The lowest BCUT2D eigenvalue weighted by Crippen LogP contribution is -2.21. The standard InChI is InChI=1S/C11H7F3N4O/c12-11(13,14)8-6(9(15)19)5-17-10(18-8)7-3-1-2-4-16-7/h1-5H,(H2,15,19). The third-order valence-electron chi connectivity index (χ3n) is 2.22. The molecule has 0 bridgehead atoms. The first-order valence-electron chi connectivity index (χ1n) is 5.05. The molecule has 0 aliphatic carbocycles. The van der Waals surface area contributed by atoms with E-state index in [0.29, 0.717) is 0 Å². The Morgan fingerprint density at radius 3 is 2.47 bits per heavy atom. The predicted octanol–water partition coefficient (Wildman–Crippen LogP) is 1.66. The van der Waals surface area contributed by atoms with Gasteiger partial charge in [-0.25, -0.2) is 9.97 Å². The molecule has 0 aliphatic rings. The Labute approximate surface area is 105 Å². The highest BCUT2D eigenvalue weighted by Crippen LogP contribution is 2.31. The summed E-state index contributed by atoms with van der Waals surface area (Å²) in [5, 5.41) is 0. The van der Waals surface area contributed by atoms with E-state index in [2.05, 4.69) is 15.0 Å². The monoisotopic (exact) mass is 268 g/mol. The summed E-state index contributed by atoms with van der Waals surface area (Å²) in [5.41, 5.74) is 2.90. The zero-order chi connectivity index (χ0) is 14.0. The lowest BCUT2D eigenvalue weighted by Gasteiger charge is -2.10. The number of halogens is 3. The normalized spacial score (nSPS) is 11.3. The molecule has 0 radical (unpaired) electrons. The Kier molecular flexibility index (Phi) is 3.16. The van der Waals surface area contributed by atoms with Gasteiger partial charge in [0, 0.05) is 12.4 Å². The van der Waals surface area contributed by atoms with Crippen molar-refractivity contribution >= 4 is 5.91 Å². The van der Waals surface area contributed by atoms with Gasteiger partial charge >= 0.3 is 6.18 Å². The number of carbonyl (C=O) groups excluding carboxylic acids is 1. The highest BCUT2D eigenvalue weighted by molar-refractivity contribution is 5.93. The summed E-state index contributed by atoms with van der Waals surface area (Å²) in [4.78, 5) is 21.8. The summed E-state index contributed by atoms with van der Waals surface area (Å²) in [6.45, 7) is 0. The van der Waals surface area contributed by atoms with Gasteiger partial charge in [-0.3, -0.25) is 9.78 Å². The highest BCUT2D eigenvalue weighted by atomic mass is 19.4. The van der Waals surface area contributed by atoms with Crippen LogP contribution in [0.3, 0.4) is 0 Å². The molecular weight excluding hydrogens is 261 g/mol. The summed E-state index contributed by atoms with van der Waals surface area (Å²) < 4.78 is 38.4. The van der Waals surface area contributed by atoms with Gasteiger partial charge in [-0.05, 0) is 12.1 Å². The molecule has 0 atom stereocenters. The van der Waals surface area contributed by atoms with E-state index in [4.69, 9.17) is 5.73 Å². The summed E-state index contributed by atoms with van der Waals surface area (Å²) >= 11 is 0. The van der Waals surface area contributed by atoms with Crippen molar-refractivity contribution in [2.24, 2.45) is 5.73 Å². The average molecular weight is 268 g/mol. The van der Waals surface area contributed by atoms with Crippen LogP contribution < -0.4 is 5.73 Å². The molecule has 1 amide bonds. The number of hydrogen-bond donors (Lipinski definition) is 1. The largest absolute Gasteiger partial charge is 0.434 e. The second-order valence-corrected chi connectivity index (χ2v) is 3.53. The van der Waals surface area contributed by atoms with Gasteiger partial charge < -0.3 is 5.73 Å². The number of aromatic nitrogens is 3. The molecule has 0 fully saturated rings. The Morgan fingerprint density at radius 1 is 1.21 bits per heavy atom. The number of pyridine rings is 1. The van der Waals surface area contributed by atoms with Crippen LogP contribution in [0, 0.1) is 0 Å². The lowest BCUT2D eigenvalue weighted by atomic mass is 10.2. The van der Waals surface area contributed by atoms with Crippen LogP contribution in [0.25, 0.3) is 11.5 Å². The third-order valence-corrected chi connectivity index (χ3v) is 2.22. The number of nitrogens with zero attached hydrogens (tertiary/aromatic N) is 3. The smallest absolute Gasteiger partial charge is 0.365 e. The summed E-state index contributed by atoms with van der Waals surface area (Å²) in [7, 11) is 0. The Morgan fingerprint density at radius 2 is 1.95 bits per heavy atom. The number of amides is 1. The lowest BCUT2D eigenvalue weighted by molar-refractivity contribution is -0.141. The maximum absolute atomic E-state index is 12.8. The van der Waals surface area contributed by atoms with Crippen LogP contribution in [0.5, 0.6) is 0 Å². The number of primary amides is 1. The maximum Gasteiger partial charge on any atom is 0.434 e. The molecule has 2 aromatic heterocycles. The average Bonchev–Trinajstić information content (AvgIpc) is 2.38. The molecule has 0 unspecified atom stereocenters. The molecule has 0 aliphatic heterocycles. The van der Waals surface area contributed by atoms with Crippen molar-refractivity contribution < 1.29 is 18.0 Å². The summed E-state index contributed by atoms with van der Waals surface area (Å²) in [6.07, 6.45) is -2.65. The molecule has 98 valence electrons. The fraction of sp³-hybridized carbons (Fsp3) is 0.0909. The van der Waals surface area contributed by atoms with E-state index in [0.717, 1.165) is 6.20 Å². The van der Waals surface area contributed by atoms with Gasteiger partial charge in [-0.15, -0.1) is 0 Å². The van der Waals surface area contributed by atoms with E-state index in [1.165, 1.54) is 12.3 Å². The molecule has 0 spiro atoms. The van der Waals surface area contributed by atoms with E-state index >= 15 is 0 Å². The van der Waals surface area contributed by atoms with Gasteiger partial charge in [0.25, 0.3) is 5.91 Å². The predicted molar refractivity (Wildman–Crippen MR) is 58.8 cm³/mol. The molecule has 2 rings (SSSR count). The van der Waals surface area contributed by atoms with Crippen molar-refractivity contribution in [3.63, 3.8) is 0 Å². The van der Waals surface area contributed by atoms with Crippen LogP contribution in [-0.2, 0) is 6.18 Å². The van der Waals surface area contributed by atoms with Gasteiger partial charge in [-0.2, -0.15) is 13.2 Å². The minimum absolute atomic E-state index is 0.170. The first-order valence-corrected chi connectivity index (χ1v) is 5.05. The van der Waals surface area contributed by atoms with Crippen LogP contribution in [0.2, 0.25) is 0 Å². The number of alkyl halides is 3. The Hall–Kier alpha value is -2.51. The van der Waals surface area contributed by atoms with E-state index < -0.39 is 23.3 Å². The van der Waals surface area contributed by atoms with Gasteiger partial charge in [0.1, 0.15) is 5.69 Å². The Balaban J connectivity index is 2.60. The van der Waals surface area contributed by atoms with E-state index in [9.17, 15) is 18.0 Å². The molecular formula is C11H7F3N4O. The molecule has 0 saturated heterocycles. The van der Waals surface area contributed by atoms with Crippen LogP contribution in [0.15, 0.2) is 30.6 Å². The topological polar surface area (TPSA) is 81.8 Å². The molecule has 5 nitrogen and oxygen atoms in total. The van der Waals surface area contributed by atoms with E-state index in [1.54, 1.807) is 12.1 Å². The maximum atomic E-state index is 12.8. The molecule has 0 aromatic carbocycles. The van der Waals surface area contributed by atoms with Crippen molar-refractivity contribution in [1.29, 1.82) is 0 Å². The summed E-state index contributed by atoms with van der Waals surface area (Å²) in [5.74, 6) is -1.46. The van der Waals surface area contributed by atoms with Crippen LogP contribution in [0.1, 0.15) is 16.1 Å². The fourth-order valence-corrected chi connectivity index (χ4v) is 1.40. The molecule has 2 N–H and O–H groups in total. The molecule has 2 aromatic rings. The second kappa shape index (κ2) is 4.63. The van der Waals surface area contributed by atoms with Crippen LogP contribution in [0.4, 0.5) is 13.2 Å². The molecule has 19 heavy (non-hydrogen) atoms. The SMILES string of the molecule is NC(=O)c1cnc(-c2ccccn2)nc1C(F)(F)F. The molecule has 2 heterocycles. The van der Waals surface area contributed by atoms with Gasteiger partial charge in [0.2, 0.25) is 0 Å². The first kappa shape index (κ1) is 12.9. The minimum Gasteiger partial charge on any atom is -0.365 e. The Bertz CT molecular complexity index is 613. The van der Waals surface area contributed by atoms with Crippen molar-refractivity contribution in [3.05, 3.63) is 41.9 Å². The molecule has 0 saturated carbocycles. The van der Waals surface area contributed by atoms with Gasteiger partial charge in [0.05, 0.1) is 5.56 Å². The van der Waals surface area contributed by atoms with E-state index in [1.807, 2.05) is 0 Å². The van der Waals surface area contributed by atoms with Crippen molar-refractivity contribution in [1.82, 2.24) is 15.0 Å². The first-order chi connectivity index (χ1) is 8.89. The quantitative estimate of drug-likeness (QED) is 0.897. The number of carbonyl (C=O) groups is 1. The fourth-order valence-electron chi connectivity index (χ4n) is 1.40. The summed E-state index contributed by atoms with van der Waals surface area (Å²) in [6, 6.07) is 4.65. The second-order valence-electron chi connectivity index (χ2n) is 3.53. The number of hydrogen-bond acceptors (Lipinski definition) is 4. The number of nitrogens with two attached hydrogens (primary N) is 1. The van der Waals surface area contributed by atoms with E-state index in [-0.39, 0.29) is 11.5 Å². The van der Waals surface area contributed by atoms with Crippen molar-refractivity contribution in [2.45, 2.75) is 6.18 Å². The van der Waals surface area contributed by atoms with Crippen molar-refractivity contribution in [3.8, 4) is 11.5 Å². The molecule has 8 heteroatoms. The van der Waals surface area contributed by atoms with Gasteiger partial charge in [0.15, 0.2) is 11.5 Å². The van der Waals surface area contributed by atoms with Crippen LogP contribution >= 0.6 is 0 Å². The zero-order valence-electron chi connectivity index (χ0n) is 9.35. The highest BCUT2D eigenvalue weighted by Gasteiger charge is 2.37. The minimum atomic E-state index is -4.79. The van der Waals surface area contributed by atoms with Crippen LogP contribution in [-0.4, -0.2) is 20.9 Å². The zero-order valence-corrected chi connectivity index (χ0v) is 9.35. The number of rotatable bonds is 2. The van der Waals surface area contributed by atoms with Crippen molar-refractivity contribution in [2.75, 3.05) is 0 Å². The third kappa shape index (κ3) is 2.67. The van der Waals surface area contributed by atoms with Gasteiger partial charge in [-0.1, -0.05) is 6.07 Å².